The number of carbonyl (C=O) groups excluding carboxylic acids is 1. The minimum atomic E-state index is -3.73. The number of hydroxylamine groups is 1. The highest BCUT2D eigenvalue weighted by atomic mass is 32.2. The maximum atomic E-state index is 12.8. The number of amides is 1. The first-order chi connectivity index (χ1) is 11.3. The van der Waals surface area contributed by atoms with Gasteiger partial charge in [0.15, 0.2) is 0 Å². The second kappa shape index (κ2) is 6.90. The average Bonchev–Trinajstić information content (AvgIpc) is 2.60. The van der Waals surface area contributed by atoms with Gasteiger partial charge in [-0.1, -0.05) is 6.07 Å². The van der Waals surface area contributed by atoms with Crippen molar-refractivity contribution < 1.29 is 18.4 Å². The smallest absolute Gasteiger partial charge is 0.274 e. The highest BCUT2D eigenvalue weighted by Crippen LogP contribution is 2.25. The van der Waals surface area contributed by atoms with Crippen LogP contribution in [0.5, 0.6) is 0 Å². The fourth-order valence-electron chi connectivity index (χ4n) is 2.11. The molecule has 0 radical (unpaired) electrons. The minimum Gasteiger partial charge on any atom is -0.378 e. The lowest BCUT2D eigenvalue weighted by Gasteiger charge is -2.21. The van der Waals surface area contributed by atoms with Crippen molar-refractivity contribution in [2.24, 2.45) is 0 Å². The summed E-state index contributed by atoms with van der Waals surface area (Å²) in [5, 5.41) is 8.61. The summed E-state index contributed by atoms with van der Waals surface area (Å²) in [5.41, 5.74) is 2.93. The van der Waals surface area contributed by atoms with Crippen molar-refractivity contribution in [3.8, 4) is 0 Å². The highest BCUT2D eigenvalue weighted by molar-refractivity contribution is 7.92. The number of benzene rings is 2. The van der Waals surface area contributed by atoms with Gasteiger partial charge < -0.3 is 4.90 Å². The van der Waals surface area contributed by atoms with E-state index in [1.54, 1.807) is 12.1 Å². The Hall–Kier alpha value is -2.58. The summed E-state index contributed by atoms with van der Waals surface area (Å²) in [7, 11) is 1.38. The largest absolute Gasteiger partial charge is 0.378 e. The quantitative estimate of drug-likeness (QED) is 0.633. The van der Waals surface area contributed by atoms with Gasteiger partial charge in [-0.25, -0.2) is 13.9 Å². The van der Waals surface area contributed by atoms with Crippen LogP contribution in [-0.2, 0) is 10.0 Å². The van der Waals surface area contributed by atoms with E-state index < -0.39 is 15.9 Å². The van der Waals surface area contributed by atoms with E-state index in [0.717, 1.165) is 9.99 Å². The van der Waals surface area contributed by atoms with Crippen LogP contribution in [0.4, 0.5) is 11.4 Å². The molecule has 0 spiro atoms. The first-order valence-corrected chi connectivity index (χ1v) is 8.52. The van der Waals surface area contributed by atoms with Crippen molar-refractivity contribution in [1.29, 1.82) is 0 Å². The number of sulfonamides is 1. The molecule has 1 amide bonds. The van der Waals surface area contributed by atoms with Crippen molar-refractivity contribution in [3.05, 3.63) is 54.1 Å². The second-order valence-corrected chi connectivity index (χ2v) is 7.32. The molecule has 24 heavy (non-hydrogen) atoms. The monoisotopic (exact) mass is 349 g/mol. The van der Waals surface area contributed by atoms with E-state index in [2.05, 4.69) is 0 Å². The average molecular weight is 349 g/mol. The summed E-state index contributed by atoms with van der Waals surface area (Å²) >= 11 is 0. The molecule has 0 aliphatic heterocycles. The Labute approximate surface area is 141 Å². The van der Waals surface area contributed by atoms with Gasteiger partial charge in [0, 0.05) is 32.4 Å². The van der Waals surface area contributed by atoms with Gasteiger partial charge in [-0.15, -0.1) is 0 Å². The zero-order valence-electron chi connectivity index (χ0n) is 13.6. The molecule has 0 atom stereocenters. The summed E-state index contributed by atoms with van der Waals surface area (Å²) < 4.78 is 26.7. The summed E-state index contributed by atoms with van der Waals surface area (Å²) in [4.78, 5) is 13.3. The van der Waals surface area contributed by atoms with Crippen molar-refractivity contribution >= 4 is 27.3 Å². The van der Waals surface area contributed by atoms with Gasteiger partial charge >= 0.3 is 0 Å². The van der Waals surface area contributed by atoms with Crippen LogP contribution in [0.1, 0.15) is 10.4 Å². The molecular weight excluding hydrogens is 330 g/mol. The van der Waals surface area contributed by atoms with E-state index in [-0.39, 0.29) is 10.5 Å². The van der Waals surface area contributed by atoms with Crippen molar-refractivity contribution in [3.63, 3.8) is 0 Å². The molecule has 128 valence electrons. The van der Waals surface area contributed by atoms with Crippen LogP contribution >= 0.6 is 0 Å². The molecule has 2 rings (SSSR count). The fourth-order valence-corrected chi connectivity index (χ4v) is 3.34. The zero-order chi connectivity index (χ0) is 17.9. The molecule has 0 aromatic heterocycles. The van der Waals surface area contributed by atoms with E-state index in [1.165, 1.54) is 42.9 Å². The van der Waals surface area contributed by atoms with Crippen molar-refractivity contribution in [1.82, 2.24) is 5.48 Å². The molecule has 0 aliphatic carbocycles. The van der Waals surface area contributed by atoms with Gasteiger partial charge in [-0.2, -0.15) is 0 Å². The molecule has 2 N–H and O–H groups in total. The maximum absolute atomic E-state index is 12.8. The van der Waals surface area contributed by atoms with Gasteiger partial charge in [-0.05, 0) is 42.5 Å². The Balaban J connectivity index is 2.35. The van der Waals surface area contributed by atoms with Crippen LogP contribution in [0.25, 0.3) is 0 Å². The molecule has 0 saturated carbocycles. The molecular formula is C16H19N3O4S. The Morgan fingerprint density at radius 1 is 1.00 bits per heavy atom. The molecule has 2 aromatic rings. The Kier molecular flexibility index (Phi) is 5.10. The van der Waals surface area contributed by atoms with Gasteiger partial charge in [0.05, 0.1) is 10.6 Å². The predicted molar refractivity (Wildman–Crippen MR) is 92.1 cm³/mol. The molecule has 0 bridgehead atoms. The van der Waals surface area contributed by atoms with Crippen LogP contribution in [0.2, 0.25) is 0 Å². The predicted octanol–water partition coefficient (Wildman–Crippen LogP) is 1.70. The summed E-state index contributed by atoms with van der Waals surface area (Å²) in [6.45, 7) is 0. The minimum absolute atomic E-state index is 0.174. The molecule has 0 saturated heterocycles. The maximum Gasteiger partial charge on any atom is 0.274 e. The summed E-state index contributed by atoms with van der Waals surface area (Å²) in [6, 6.07) is 12.5. The molecule has 0 unspecified atom stereocenters. The number of nitrogens with zero attached hydrogens (tertiary/aromatic N) is 2. The van der Waals surface area contributed by atoms with E-state index in [4.69, 9.17) is 5.21 Å². The number of hydrogen-bond donors (Lipinski definition) is 2. The molecule has 7 nitrogen and oxygen atoms in total. The number of anilines is 2. The molecule has 8 heteroatoms. The van der Waals surface area contributed by atoms with Crippen LogP contribution in [-0.4, -0.2) is 40.7 Å². The Morgan fingerprint density at radius 2 is 1.62 bits per heavy atom. The lowest BCUT2D eigenvalue weighted by Crippen LogP contribution is -2.27. The molecule has 2 aromatic carbocycles. The lowest BCUT2D eigenvalue weighted by molar-refractivity contribution is 0.0706. The van der Waals surface area contributed by atoms with Crippen molar-refractivity contribution in [2.75, 3.05) is 30.3 Å². The first-order valence-electron chi connectivity index (χ1n) is 7.08. The number of hydrogen-bond acceptors (Lipinski definition) is 5. The Morgan fingerprint density at radius 3 is 2.17 bits per heavy atom. The first kappa shape index (κ1) is 17.8. The zero-order valence-corrected chi connectivity index (χ0v) is 14.4. The van der Waals surface area contributed by atoms with Gasteiger partial charge in [0.2, 0.25) is 0 Å². The van der Waals surface area contributed by atoms with E-state index >= 15 is 0 Å². The highest BCUT2D eigenvalue weighted by Gasteiger charge is 2.22. The fraction of sp³-hybridized carbons (Fsp3) is 0.188. The van der Waals surface area contributed by atoms with Crippen molar-refractivity contribution in [2.45, 2.75) is 4.90 Å². The summed E-state index contributed by atoms with van der Waals surface area (Å²) in [6.07, 6.45) is 0. The third-order valence-electron chi connectivity index (χ3n) is 3.59. The van der Waals surface area contributed by atoms with Crippen LogP contribution in [0.3, 0.4) is 0 Å². The molecule has 0 heterocycles. The van der Waals surface area contributed by atoms with E-state index in [9.17, 15) is 13.2 Å². The van der Waals surface area contributed by atoms with Crippen LogP contribution in [0, 0.1) is 0 Å². The van der Waals surface area contributed by atoms with E-state index in [0.29, 0.717) is 5.69 Å². The molecule has 0 aliphatic rings. The van der Waals surface area contributed by atoms with Gasteiger partial charge in [-0.3, -0.25) is 14.3 Å². The van der Waals surface area contributed by atoms with Gasteiger partial charge in [0.1, 0.15) is 0 Å². The third-order valence-corrected chi connectivity index (χ3v) is 5.37. The number of nitrogens with one attached hydrogen (secondary N) is 1. The SMILES string of the molecule is CN(C)c1cccc(S(=O)(=O)N(C)c2ccc(C(=O)NO)cc2)c1. The lowest BCUT2D eigenvalue weighted by atomic mass is 10.2. The summed E-state index contributed by atoms with van der Waals surface area (Å²) in [5.74, 6) is -0.661. The van der Waals surface area contributed by atoms with Crippen LogP contribution in [0.15, 0.2) is 53.4 Å². The van der Waals surface area contributed by atoms with Crippen LogP contribution < -0.4 is 14.7 Å². The Bertz CT molecular complexity index is 833. The standard InChI is InChI=1S/C16H19N3O4S/c1-18(2)14-5-4-6-15(11-14)24(22,23)19(3)13-9-7-12(8-10-13)16(20)17-21/h4-11,21H,1-3H3,(H,17,20). The van der Waals surface area contributed by atoms with Gasteiger partial charge in [0.25, 0.3) is 15.9 Å². The second-order valence-electron chi connectivity index (χ2n) is 5.35. The topological polar surface area (TPSA) is 90.0 Å². The number of rotatable bonds is 5. The normalized spacial score (nSPS) is 11.0. The molecule has 0 fully saturated rings. The number of carbonyl (C=O) groups is 1. The third kappa shape index (κ3) is 3.50. The van der Waals surface area contributed by atoms with E-state index in [1.807, 2.05) is 25.1 Å².